The lowest BCUT2D eigenvalue weighted by molar-refractivity contribution is -0.394. The van der Waals surface area contributed by atoms with Gasteiger partial charge in [0.2, 0.25) is 5.91 Å². The zero-order valence-electron chi connectivity index (χ0n) is 21.5. The van der Waals surface area contributed by atoms with E-state index in [0.29, 0.717) is 11.1 Å². The summed E-state index contributed by atoms with van der Waals surface area (Å²) in [5.74, 6) is -1.84. The first-order valence-corrected chi connectivity index (χ1v) is 12.5. The third-order valence-corrected chi connectivity index (χ3v) is 6.33. The van der Waals surface area contributed by atoms with Crippen molar-refractivity contribution < 1.29 is 38.4 Å². The van der Waals surface area contributed by atoms with Crippen LogP contribution in [0.5, 0.6) is 11.5 Å². The number of ether oxygens (including phenoxy) is 3. The lowest BCUT2D eigenvalue weighted by Crippen LogP contribution is -2.13. The Balaban J connectivity index is 1.81. The van der Waals surface area contributed by atoms with E-state index in [-0.39, 0.29) is 40.2 Å². The molecule has 1 N–H and O–H groups in total. The summed E-state index contributed by atoms with van der Waals surface area (Å²) in [4.78, 5) is 58.4. The van der Waals surface area contributed by atoms with Gasteiger partial charge in [0.25, 0.3) is 11.4 Å². The summed E-state index contributed by atoms with van der Waals surface area (Å²) in [6.45, 7) is 5.06. The molecule has 1 amide bonds. The van der Waals surface area contributed by atoms with Crippen LogP contribution in [-0.2, 0) is 14.3 Å². The van der Waals surface area contributed by atoms with E-state index in [1.807, 2.05) is 0 Å². The average molecular weight is 570 g/mol. The van der Waals surface area contributed by atoms with E-state index in [1.165, 1.54) is 24.3 Å². The molecule has 14 heteroatoms. The zero-order valence-corrected chi connectivity index (χ0v) is 22.3. The van der Waals surface area contributed by atoms with Crippen molar-refractivity contribution in [2.75, 3.05) is 18.5 Å². The van der Waals surface area contributed by atoms with Crippen LogP contribution < -0.4 is 10.1 Å². The van der Waals surface area contributed by atoms with Gasteiger partial charge in [-0.25, -0.2) is 9.59 Å². The number of anilines is 1. The fourth-order valence-corrected chi connectivity index (χ4v) is 4.51. The second kappa shape index (κ2) is 13.1. The number of esters is 2. The Kier molecular flexibility index (Phi) is 9.65. The minimum absolute atomic E-state index is 0.0538. The van der Waals surface area contributed by atoms with Gasteiger partial charge in [-0.1, -0.05) is 12.1 Å². The molecule has 0 radical (unpaired) electrons. The zero-order chi connectivity index (χ0) is 29.4. The molecule has 0 bridgehead atoms. The first kappa shape index (κ1) is 29.4. The summed E-state index contributed by atoms with van der Waals surface area (Å²) < 4.78 is 15.7. The Morgan fingerprint density at radius 2 is 1.55 bits per heavy atom. The number of nitrogens with one attached hydrogen (secondary N) is 1. The second-order valence-electron chi connectivity index (χ2n) is 7.90. The predicted molar refractivity (Wildman–Crippen MR) is 145 cm³/mol. The molecule has 0 spiro atoms. The molecule has 0 saturated carbocycles. The van der Waals surface area contributed by atoms with Gasteiger partial charge in [0.15, 0.2) is 0 Å². The summed E-state index contributed by atoms with van der Waals surface area (Å²) in [7, 11) is 0. The highest BCUT2D eigenvalue weighted by molar-refractivity contribution is 7.18. The predicted octanol–water partition coefficient (Wildman–Crippen LogP) is 5.67. The number of benzene rings is 2. The smallest absolute Gasteiger partial charge is 0.348 e. The fourth-order valence-electron chi connectivity index (χ4n) is 3.42. The molecule has 0 saturated heterocycles. The number of carbonyl (C=O) groups is 3. The summed E-state index contributed by atoms with van der Waals surface area (Å²) >= 11 is 0.891. The Hall–Kier alpha value is -5.11. The highest BCUT2D eigenvalue weighted by atomic mass is 32.1. The molecule has 1 heterocycles. The van der Waals surface area contributed by atoms with Crippen LogP contribution in [0.1, 0.15) is 45.0 Å². The highest BCUT2D eigenvalue weighted by Gasteiger charge is 2.27. The van der Waals surface area contributed by atoms with Gasteiger partial charge in [-0.15, -0.1) is 11.3 Å². The summed E-state index contributed by atoms with van der Waals surface area (Å²) in [6, 6.07) is 9.19. The van der Waals surface area contributed by atoms with Gasteiger partial charge in [0.1, 0.15) is 21.4 Å². The number of thiophene rings is 1. The third-order valence-electron chi connectivity index (χ3n) is 5.14. The maximum atomic E-state index is 12.7. The van der Waals surface area contributed by atoms with Crippen molar-refractivity contribution in [2.24, 2.45) is 0 Å². The Labute approximate surface area is 231 Å². The molecular weight excluding hydrogens is 546 g/mol. The second-order valence-corrected chi connectivity index (χ2v) is 8.92. The van der Waals surface area contributed by atoms with E-state index in [4.69, 9.17) is 14.2 Å². The maximum Gasteiger partial charge on any atom is 0.348 e. The van der Waals surface area contributed by atoms with Gasteiger partial charge in [0.05, 0.1) is 46.8 Å². The first-order valence-electron chi connectivity index (χ1n) is 11.7. The number of hydrogen-bond acceptors (Lipinski definition) is 11. The molecule has 0 aliphatic rings. The molecule has 2 aromatic carbocycles. The molecule has 0 aliphatic carbocycles. The lowest BCUT2D eigenvalue weighted by Gasteiger charge is -2.07. The molecule has 0 atom stereocenters. The van der Waals surface area contributed by atoms with Gasteiger partial charge in [-0.2, -0.15) is 0 Å². The Morgan fingerprint density at radius 3 is 2.15 bits per heavy atom. The van der Waals surface area contributed by atoms with E-state index in [1.54, 1.807) is 32.9 Å². The number of nitrogens with zero attached hydrogens (tertiary/aromatic N) is 2. The van der Waals surface area contributed by atoms with E-state index in [2.05, 4.69) is 5.32 Å². The number of rotatable bonds is 11. The quantitative estimate of drug-likeness (QED) is 0.131. The van der Waals surface area contributed by atoms with Crippen molar-refractivity contribution in [1.82, 2.24) is 0 Å². The van der Waals surface area contributed by atoms with Gasteiger partial charge < -0.3 is 19.5 Å². The maximum absolute atomic E-state index is 12.7. The number of amides is 1. The molecule has 1 aromatic heterocycles. The van der Waals surface area contributed by atoms with Crippen LogP contribution in [0.15, 0.2) is 48.5 Å². The number of nitro groups is 2. The van der Waals surface area contributed by atoms with Crippen molar-refractivity contribution in [2.45, 2.75) is 20.8 Å². The van der Waals surface area contributed by atoms with Crippen molar-refractivity contribution in [3.8, 4) is 11.5 Å². The van der Waals surface area contributed by atoms with Crippen molar-refractivity contribution in [1.29, 1.82) is 0 Å². The molecule has 13 nitrogen and oxygen atoms in total. The van der Waals surface area contributed by atoms with Crippen LogP contribution in [-0.4, -0.2) is 40.9 Å². The van der Waals surface area contributed by atoms with Gasteiger partial charge in [-0.05, 0) is 50.1 Å². The monoisotopic (exact) mass is 569 g/mol. The lowest BCUT2D eigenvalue weighted by atomic mass is 10.1. The molecule has 40 heavy (non-hydrogen) atoms. The molecular formula is C26H23N3O10S. The summed E-state index contributed by atoms with van der Waals surface area (Å²) in [6.07, 6.45) is 2.63. The Bertz CT molecular complexity index is 1480. The Morgan fingerprint density at radius 1 is 0.925 bits per heavy atom. The van der Waals surface area contributed by atoms with Crippen LogP contribution >= 0.6 is 11.3 Å². The van der Waals surface area contributed by atoms with Crippen LogP contribution in [0.4, 0.5) is 16.4 Å². The summed E-state index contributed by atoms with van der Waals surface area (Å²) in [5, 5.41) is 25.0. The molecule has 0 unspecified atom stereocenters. The molecule has 0 fully saturated rings. The van der Waals surface area contributed by atoms with Crippen LogP contribution in [0, 0.1) is 27.2 Å². The topological polar surface area (TPSA) is 177 Å². The molecule has 208 valence electrons. The number of carbonyl (C=O) groups excluding carboxylic acids is 3. The van der Waals surface area contributed by atoms with E-state index in [9.17, 15) is 34.6 Å². The van der Waals surface area contributed by atoms with Gasteiger partial charge in [0, 0.05) is 6.08 Å². The third kappa shape index (κ3) is 7.26. The van der Waals surface area contributed by atoms with Crippen LogP contribution in [0.25, 0.3) is 6.08 Å². The van der Waals surface area contributed by atoms with Crippen molar-refractivity contribution >= 4 is 51.6 Å². The summed E-state index contributed by atoms with van der Waals surface area (Å²) in [5.41, 5.74) is -0.138. The molecule has 3 rings (SSSR count). The number of hydrogen-bond donors (Lipinski definition) is 1. The highest BCUT2D eigenvalue weighted by Crippen LogP contribution is 2.35. The number of non-ortho nitro benzene ring substituents is 2. The van der Waals surface area contributed by atoms with Gasteiger partial charge in [-0.3, -0.25) is 25.0 Å². The van der Waals surface area contributed by atoms with Crippen LogP contribution in [0.3, 0.4) is 0 Å². The van der Waals surface area contributed by atoms with Crippen LogP contribution in [0.2, 0.25) is 0 Å². The largest absolute Gasteiger partial charge is 0.462 e. The molecule has 0 aliphatic heterocycles. The number of nitro benzene ring substituents is 2. The normalized spacial score (nSPS) is 10.7. The minimum Gasteiger partial charge on any atom is -0.462 e. The first-order chi connectivity index (χ1) is 19.0. The average Bonchev–Trinajstić information content (AvgIpc) is 3.23. The van der Waals surface area contributed by atoms with E-state index in [0.717, 1.165) is 29.5 Å². The van der Waals surface area contributed by atoms with E-state index < -0.39 is 39.1 Å². The van der Waals surface area contributed by atoms with E-state index >= 15 is 0 Å². The van der Waals surface area contributed by atoms with Gasteiger partial charge >= 0.3 is 11.9 Å². The standard InChI is InChI=1S/C26H23N3O10S/c1-4-37-25(31)22-15(3)23(26(32)38-5-2)40-24(22)27-21(30)10-9-16-7-6-8-19(11-16)39-20-13-17(28(33)34)12-18(14-20)29(35)36/h6-14H,4-5H2,1-3H3,(H,27,30). The van der Waals surface area contributed by atoms with Crippen molar-refractivity contribution in [3.05, 3.63) is 90.3 Å². The fraction of sp³-hybridized carbons (Fsp3) is 0.192. The molecule has 3 aromatic rings. The minimum atomic E-state index is -0.768. The SMILES string of the molecule is CCOC(=O)c1sc(NC(=O)C=Cc2cccc(Oc3cc([N+](=O)[O-])cc([N+](=O)[O-])c3)c2)c(C(=O)OCC)c1C. The van der Waals surface area contributed by atoms with Crippen molar-refractivity contribution in [3.63, 3.8) is 0 Å².